The van der Waals surface area contributed by atoms with Gasteiger partial charge in [0.2, 0.25) is 0 Å². The van der Waals surface area contributed by atoms with Gasteiger partial charge < -0.3 is 5.11 Å². The van der Waals surface area contributed by atoms with Crippen molar-refractivity contribution in [2.24, 2.45) is 11.8 Å². The molecule has 0 aromatic heterocycles. The lowest BCUT2D eigenvalue weighted by Gasteiger charge is -2.27. The molecule has 0 amide bonds. The summed E-state index contributed by atoms with van der Waals surface area (Å²) in [6.45, 7) is 6.74. The van der Waals surface area contributed by atoms with Gasteiger partial charge in [-0.1, -0.05) is 75.5 Å². The number of rotatable bonds is 11. The number of hydrogen-bond acceptors (Lipinski definition) is 1. The molecule has 0 aliphatic carbocycles. The van der Waals surface area contributed by atoms with Crippen LogP contribution in [0, 0.1) is 11.8 Å². The highest BCUT2D eigenvalue weighted by Gasteiger charge is 2.22. The molecule has 1 N–H and O–H groups in total. The van der Waals surface area contributed by atoms with Crippen molar-refractivity contribution in [3.05, 3.63) is 0 Å². The van der Waals surface area contributed by atoms with Gasteiger partial charge in [-0.2, -0.15) is 0 Å². The third-order valence-corrected chi connectivity index (χ3v) is 4.70. The first-order valence-electron chi connectivity index (χ1n) is 7.41. The second-order valence-electron chi connectivity index (χ2n) is 5.28. The van der Waals surface area contributed by atoms with Gasteiger partial charge in [0.05, 0.1) is 6.10 Å². The van der Waals surface area contributed by atoms with E-state index in [1.165, 1.54) is 49.4 Å². The highest BCUT2D eigenvalue weighted by Crippen LogP contribution is 2.26. The van der Waals surface area contributed by atoms with Gasteiger partial charge in [0.25, 0.3) is 0 Å². The monoisotopic (exact) mass is 354 g/mol. The first-order chi connectivity index (χ1) is 8.17. The fourth-order valence-electron chi connectivity index (χ4n) is 2.54. The van der Waals surface area contributed by atoms with Gasteiger partial charge in [-0.25, -0.2) is 0 Å². The maximum atomic E-state index is 10.2. The van der Waals surface area contributed by atoms with Crippen LogP contribution < -0.4 is 0 Å². The molecule has 0 rings (SSSR count). The Labute approximate surface area is 122 Å². The van der Waals surface area contributed by atoms with Crippen LogP contribution in [-0.2, 0) is 0 Å². The maximum absolute atomic E-state index is 10.2. The van der Waals surface area contributed by atoms with Gasteiger partial charge in [-0.15, -0.1) is 0 Å². The molecule has 3 atom stereocenters. The lowest BCUT2D eigenvalue weighted by atomic mass is 9.82. The summed E-state index contributed by atoms with van der Waals surface area (Å²) >= 11 is 2.45. The van der Waals surface area contributed by atoms with Crippen LogP contribution in [0.1, 0.15) is 72.1 Å². The Bertz CT molecular complexity index is 161. The van der Waals surface area contributed by atoms with E-state index in [0.29, 0.717) is 11.8 Å². The zero-order chi connectivity index (χ0) is 13.1. The minimum Gasteiger partial charge on any atom is -0.393 e. The Balaban J connectivity index is 3.85. The molecule has 0 aliphatic rings. The number of unbranched alkanes of at least 4 members (excludes halogenated alkanes) is 3. The molecule has 0 saturated carbocycles. The lowest BCUT2D eigenvalue weighted by molar-refractivity contribution is 0.0681. The van der Waals surface area contributed by atoms with Crippen LogP contribution in [0.4, 0.5) is 0 Å². The molecule has 104 valence electrons. The van der Waals surface area contributed by atoms with Crippen LogP contribution in [0.3, 0.4) is 0 Å². The van der Waals surface area contributed by atoms with Crippen LogP contribution >= 0.6 is 22.6 Å². The third-order valence-electron chi connectivity index (χ3n) is 3.94. The maximum Gasteiger partial charge on any atom is 0.0568 e. The van der Waals surface area contributed by atoms with Crippen molar-refractivity contribution in [2.45, 2.75) is 78.2 Å². The van der Waals surface area contributed by atoms with Crippen molar-refractivity contribution < 1.29 is 5.11 Å². The number of aliphatic hydroxyl groups is 1. The molecule has 1 unspecified atom stereocenters. The van der Waals surface area contributed by atoms with Crippen LogP contribution in [0.5, 0.6) is 0 Å². The number of aliphatic hydroxyl groups excluding tert-OH is 1. The minimum absolute atomic E-state index is 0.0778. The molecule has 0 spiro atoms. The zero-order valence-electron chi connectivity index (χ0n) is 11.9. The highest BCUT2D eigenvalue weighted by molar-refractivity contribution is 14.1. The predicted molar refractivity (Wildman–Crippen MR) is 85.8 cm³/mol. The summed E-state index contributed by atoms with van der Waals surface area (Å²) in [7, 11) is 0. The summed E-state index contributed by atoms with van der Waals surface area (Å²) in [5.74, 6) is 1.19. The Morgan fingerprint density at radius 1 is 1.00 bits per heavy atom. The second kappa shape index (κ2) is 11.8. The van der Waals surface area contributed by atoms with E-state index in [-0.39, 0.29) is 6.10 Å². The fourth-order valence-corrected chi connectivity index (χ4v) is 2.98. The van der Waals surface area contributed by atoms with Crippen LogP contribution in [-0.4, -0.2) is 15.6 Å². The summed E-state index contributed by atoms with van der Waals surface area (Å²) in [5.41, 5.74) is 0. The molecule has 0 radical (unpaired) electrons. The first-order valence-corrected chi connectivity index (χ1v) is 8.93. The van der Waals surface area contributed by atoms with Crippen molar-refractivity contribution in [3.63, 3.8) is 0 Å². The summed E-state index contributed by atoms with van der Waals surface area (Å²) < 4.78 is 1.24. The number of halogens is 1. The summed E-state index contributed by atoms with van der Waals surface area (Å²) in [5, 5.41) is 10.2. The van der Waals surface area contributed by atoms with Gasteiger partial charge >= 0.3 is 0 Å². The van der Waals surface area contributed by atoms with E-state index in [1.807, 2.05) is 0 Å². The Morgan fingerprint density at radius 2 is 1.71 bits per heavy atom. The molecule has 1 nitrogen and oxygen atoms in total. The molecule has 0 saturated heterocycles. The van der Waals surface area contributed by atoms with Crippen molar-refractivity contribution in [2.75, 3.05) is 4.43 Å². The van der Waals surface area contributed by atoms with Crippen LogP contribution in [0.15, 0.2) is 0 Å². The largest absolute Gasteiger partial charge is 0.393 e. The van der Waals surface area contributed by atoms with Crippen LogP contribution in [0.25, 0.3) is 0 Å². The molecule has 0 aromatic carbocycles. The van der Waals surface area contributed by atoms with Crippen molar-refractivity contribution in [1.29, 1.82) is 0 Å². The third kappa shape index (κ3) is 8.41. The van der Waals surface area contributed by atoms with E-state index in [1.54, 1.807) is 0 Å². The predicted octanol–water partition coefficient (Wildman–Crippen LogP) is 5.20. The topological polar surface area (TPSA) is 20.2 Å². The summed E-state index contributed by atoms with van der Waals surface area (Å²) in [6, 6.07) is 0. The van der Waals surface area contributed by atoms with E-state index in [4.69, 9.17) is 0 Å². The van der Waals surface area contributed by atoms with E-state index in [2.05, 4.69) is 43.4 Å². The van der Waals surface area contributed by atoms with Gasteiger partial charge in [0.15, 0.2) is 0 Å². The van der Waals surface area contributed by atoms with Gasteiger partial charge in [-0.05, 0) is 35.5 Å². The van der Waals surface area contributed by atoms with E-state index in [0.717, 1.165) is 6.42 Å². The van der Waals surface area contributed by atoms with E-state index in [9.17, 15) is 5.11 Å². The van der Waals surface area contributed by atoms with Crippen molar-refractivity contribution in [3.8, 4) is 0 Å². The Morgan fingerprint density at radius 3 is 2.24 bits per heavy atom. The van der Waals surface area contributed by atoms with Gasteiger partial charge in [0, 0.05) is 0 Å². The molecule has 0 fully saturated rings. The van der Waals surface area contributed by atoms with Gasteiger partial charge in [-0.3, -0.25) is 0 Å². The average molecular weight is 354 g/mol. The summed E-state index contributed by atoms with van der Waals surface area (Å²) in [4.78, 5) is 0. The average Bonchev–Trinajstić information content (AvgIpc) is 2.35. The standard InChI is InChI=1S/C15H31IO/c1-4-6-7-8-11-15(17)13(3)14(5-2)10-9-12-16/h13-15,17H,4-12H2,1-3H3/t13-,14?,15+/m1/s1. The molecule has 0 bridgehead atoms. The van der Waals surface area contributed by atoms with Crippen molar-refractivity contribution in [1.82, 2.24) is 0 Å². The first kappa shape index (κ1) is 17.7. The van der Waals surface area contributed by atoms with E-state index < -0.39 is 0 Å². The quantitative estimate of drug-likeness (QED) is 0.307. The fraction of sp³-hybridized carbons (Fsp3) is 1.00. The minimum atomic E-state index is -0.0778. The summed E-state index contributed by atoms with van der Waals surface area (Å²) in [6.07, 6.45) is 9.79. The van der Waals surface area contributed by atoms with E-state index >= 15 is 0 Å². The molecule has 2 heteroatoms. The lowest BCUT2D eigenvalue weighted by Crippen LogP contribution is -2.25. The zero-order valence-corrected chi connectivity index (χ0v) is 14.1. The van der Waals surface area contributed by atoms with Crippen molar-refractivity contribution >= 4 is 22.6 Å². The molecular weight excluding hydrogens is 323 g/mol. The van der Waals surface area contributed by atoms with Crippen LogP contribution in [0.2, 0.25) is 0 Å². The molecule has 0 aliphatic heterocycles. The molecular formula is C15H31IO. The number of hydrogen-bond donors (Lipinski definition) is 1. The molecule has 17 heavy (non-hydrogen) atoms. The molecule has 0 heterocycles. The Hall–Kier alpha value is 0.690. The highest BCUT2D eigenvalue weighted by atomic mass is 127. The molecule has 0 aromatic rings. The Kier molecular flexibility index (Phi) is 12.2. The SMILES string of the molecule is CCCCCC[C@H](O)[C@H](C)C(CC)CCCI. The normalized spacial score (nSPS) is 16.8. The van der Waals surface area contributed by atoms with Gasteiger partial charge in [0.1, 0.15) is 0 Å². The second-order valence-corrected chi connectivity index (χ2v) is 6.35. The smallest absolute Gasteiger partial charge is 0.0568 e. The number of alkyl halides is 1.